The summed E-state index contributed by atoms with van der Waals surface area (Å²) in [5, 5.41) is 4.09. The maximum atomic E-state index is 12.5. The van der Waals surface area contributed by atoms with E-state index in [1.54, 1.807) is 4.31 Å². The van der Waals surface area contributed by atoms with E-state index in [0.29, 0.717) is 24.9 Å². The number of nitrogens with zero attached hydrogens (tertiary/aromatic N) is 3. The van der Waals surface area contributed by atoms with Gasteiger partial charge in [-0.05, 0) is 57.3 Å². The lowest BCUT2D eigenvalue weighted by atomic mass is 9.78. The summed E-state index contributed by atoms with van der Waals surface area (Å²) in [6.45, 7) is 1.94. The zero-order valence-electron chi connectivity index (χ0n) is 15.8. The molecule has 1 unspecified atom stereocenters. The van der Waals surface area contributed by atoms with Gasteiger partial charge in [-0.3, -0.25) is 0 Å². The Balaban J connectivity index is 1.19. The van der Waals surface area contributed by atoms with E-state index in [4.69, 9.17) is 9.26 Å². The molecule has 2 saturated carbocycles. The van der Waals surface area contributed by atoms with Crippen LogP contribution < -0.4 is 0 Å². The van der Waals surface area contributed by atoms with E-state index in [1.807, 2.05) is 0 Å². The molecule has 27 heavy (non-hydrogen) atoms. The van der Waals surface area contributed by atoms with Crippen LogP contribution in [0.1, 0.15) is 75.4 Å². The Labute approximate surface area is 160 Å². The molecule has 4 fully saturated rings. The Morgan fingerprint density at radius 2 is 1.89 bits per heavy atom. The van der Waals surface area contributed by atoms with Crippen LogP contribution in [0.5, 0.6) is 0 Å². The van der Waals surface area contributed by atoms with Gasteiger partial charge >= 0.3 is 0 Å². The average Bonchev–Trinajstić information content (AvgIpc) is 3.37. The number of rotatable bonds is 5. The van der Waals surface area contributed by atoms with Gasteiger partial charge in [-0.2, -0.15) is 4.98 Å². The molecule has 7 nitrogen and oxygen atoms in total. The minimum atomic E-state index is -3.06. The fourth-order valence-corrected chi connectivity index (χ4v) is 6.65. The Morgan fingerprint density at radius 1 is 1.11 bits per heavy atom. The molecular formula is C19H29N3O4S. The van der Waals surface area contributed by atoms with Crippen LogP contribution in [0, 0.1) is 5.92 Å². The van der Waals surface area contributed by atoms with Crippen molar-refractivity contribution in [3.8, 4) is 0 Å². The molecule has 5 rings (SSSR count). The molecule has 2 saturated heterocycles. The minimum Gasteiger partial charge on any atom is -0.375 e. The summed E-state index contributed by atoms with van der Waals surface area (Å²) < 4.78 is 38.3. The van der Waals surface area contributed by atoms with E-state index in [-0.39, 0.29) is 10.9 Å². The molecule has 0 amide bonds. The standard InChI is InChI=1S/C19H29N3O4S/c23-27(24,16-4-5-16)22-9-7-19(8-10-22)13-14(6-11-25-19)12-17-20-18(26-21-17)15-2-1-3-15/h14-16H,1-13H2. The lowest BCUT2D eigenvalue weighted by molar-refractivity contribution is -0.120. The van der Waals surface area contributed by atoms with E-state index < -0.39 is 10.0 Å². The van der Waals surface area contributed by atoms with Crippen molar-refractivity contribution in [1.29, 1.82) is 0 Å². The third kappa shape index (κ3) is 3.56. The van der Waals surface area contributed by atoms with Gasteiger partial charge in [0.2, 0.25) is 15.9 Å². The molecule has 0 bridgehead atoms. The second-order valence-corrected chi connectivity index (χ2v) is 11.1. The first-order chi connectivity index (χ1) is 13.0. The van der Waals surface area contributed by atoms with Crippen LogP contribution in [0.2, 0.25) is 0 Å². The van der Waals surface area contributed by atoms with Gasteiger partial charge in [0.05, 0.1) is 10.9 Å². The monoisotopic (exact) mass is 395 g/mol. The van der Waals surface area contributed by atoms with Crippen LogP contribution in [-0.4, -0.2) is 53.4 Å². The quantitative estimate of drug-likeness (QED) is 0.762. The van der Waals surface area contributed by atoms with Crippen molar-refractivity contribution in [2.75, 3.05) is 19.7 Å². The zero-order valence-corrected chi connectivity index (χ0v) is 16.6. The van der Waals surface area contributed by atoms with Gasteiger partial charge in [0.15, 0.2) is 5.82 Å². The number of ether oxygens (including phenoxy) is 1. The largest absolute Gasteiger partial charge is 0.375 e. The first kappa shape index (κ1) is 18.1. The van der Waals surface area contributed by atoms with Crippen molar-refractivity contribution in [3.05, 3.63) is 11.7 Å². The normalized spacial score (nSPS) is 29.7. The van der Waals surface area contributed by atoms with Crippen LogP contribution in [0.15, 0.2) is 4.52 Å². The summed E-state index contributed by atoms with van der Waals surface area (Å²) >= 11 is 0. The molecule has 0 radical (unpaired) electrons. The van der Waals surface area contributed by atoms with E-state index >= 15 is 0 Å². The Kier molecular flexibility index (Phi) is 4.56. The predicted octanol–water partition coefficient (Wildman–Crippen LogP) is 2.63. The second-order valence-electron chi connectivity index (χ2n) is 8.91. The SMILES string of the molecule is O=S(=O)(C1CC1)N1CCC2(CC1)CC(Cc1noc(C3CCC3)n1)CCO2. The molecule has 2 aliphatic heterocycles. The molecule has 3 heterocycles. The van der Waals surface area contributed by atoms with Crippen molar-refractivity contribution in [2.45, 2.75) is 81.0 Å². The first-order valence-corrected chi connectivity index (χ1v) is 12.0. The highest BCUT2D eigenvalue weighted by molar-refractivity contribution is 7.90. The Hall–Kier alpha value is -0.990. The predicted molar refractivity (Wildman–Crippen MR) is 98.7 cm³/mol. The van der Waals surface area contributed by atoms with Gasteiger partial charge in [0, 0.05) is 32.0 Å². The fraction of sp³-hybridized carbons (Fsp3) is 0.895. The molecule has 2 aliphatic carbocycles. The molecule has 0 aromatic carbocycles. The third-order valence-corrected chi connectivity index (χ3v) is 9.34. The van der Waals surface area contributed by atoms with Crippen molar-refractivity contribution < 1.29 is 17.7 Å². The topological polar surface area (TPSA) is 85.5 Å². The average molecular weight is 396 g/mol. The molecule has 8 heteroatoms. The zero-order chi connectivity index (χ0) is 18.5. The molecule has 4 aliphatic rings. The molecular weight excluding hydrogens is 366 g/mol. The minimum absolute atomic E-state index is 0.116. The summed E-state index contributed by atoms with van der Waals surface area (Å²) in [7, 11) is -3.06. The van der Waals surface area contributed by atoms with Crippen LogP contribution in [0.3, 0.4) is 0 Å². The summed E-state index contributed by atoms with van der Waals surface area (Å²) in [5.41, 5.74) is -0.168. The number of hydrogen-bond acceptors (Lipinski definition) is 6. The van der Waals surface area contributed by atoms with E-state index in [9.17, 15) is 8.42 Å². The van der Waals surface area contributed by atoms with Crippen molar-refractivity contribution in [1.82, 2.24) is 14.4 Å². The molecule has 1 atom stereocenters. The lowest BCUT2D eigenvalue weighted by Crippen LogP contribution is -2.51. The van der Waals surface area contributed by atoms with Gasteiger partial charge in [0.1, 0.15) is 0 Å². The van der Waals surface area contributed by atoms with Crippen molar-refractivity contribution in [3.63, 3.8) is 0 Å². The van der Waals surface area contributed by atoms with Crippen molar-refractivity contribution >= 4 is 10.0 Å². The second kappa shape index (κ2) is 6.81. The molecule has 0 N–H and O–H groups in total. The van der Waals surface area contributed by atoms with Gasteiger partial charge in [-0.1, -0.05) is 11.6 Å². The summed E-state index contributed by atoms with van der Waals surface area (Å²) in [4.78, 5) is 4.62. The maximum absolute atomic E-state index is 12.5. The lowest BCUT2D eigenvalue weighted by Gasteiger charge is -2.45. The van der Waals surface area contributed by atoms with E-state index in [2.05, 4.69) is 10.1 Å². The van der Waals surface area contributed by atoms with Crippen molar-refractivity contribution in [2.24, 2.45) is 5.92 Å². The van der Waals surface area contributed by atoms with Gasteiger partial charge in [-0.25, -0.2) is 12.7 Å². The number of aromatic nitrogens is 2. The maximum Gasteiger partial charge on any atom is 0.229 e. The van der Waals surface area contributed by atoms with Crippen LogP contribution >= 0.6 is 0 Å². The molecule has 1 aromatic heterocycles. The molecule has 1 spiro atoms. The summed E-state index contributed by atoms with van der Waals surface area (Å²) in [6, 6.07) is 0. The van der Waals surface area contributed by atoms with Gasteiger partial charge in [0.25, 0.3) is 0 Å². The first-order valence-electron chi connectivity index (χ1n) is 10.5. The summed E-state index contributed by atoms with van der Waals surface area (Å²) in [6.07, 6.45) is 9.68. The number of hydrogen-bond donors (Lipinski definition) is 0. The Bertz CT molecular complexity index is 777. The molecule has 1 aromatic rings. The van der Waals surface area contributed by atoms with Gasteiger partial charge in [-0.15, -0.1) is 0 Å². The highest BCUT2D eigenvalue weighted by Crippen LogP contribution is 2.41. The van der Waals surface area contributed by atoms with E-state index in [0.717, 1.165) is 63.3 Å². The fourth-order valence-electron chi connectivity index (χ4n) is 4.81. The Morgan fingerprint density at radius 3 is 2.56 bits per heavy atom. The smallest absolute Gasteiger partial charge is 0.229 e. The van der Waals surface area contributed by atoms with Crippen LogP contribution in [0.25, 0.3) is 0 Å². The number of piperidine rings is 1. The third-order valence-electron chi connectivity index (χ3n) is 6.94. The van der Waals surface area contributed by atoms with Crippen LogP contribution in [-0.2, 0) is 21.2 Å². The van der Waals surface area contributed by atoms with Crippen LogP contribution in [0.4, 0.5) is 0 Å². The van der Waals surface area contributed by atoms with E-state index in [1.165, 1.54) is 19.3 Å². The highest BCUT2D eigenvalue weighted by atomic mass is 32.2. The summed E-state index contributed by atoms with van der Waals surface area (Å²) in [5.74, 6) is 2.60. The highest BCUT2D eigenvalue weighted by Gasteiger charge is 2.46. The molecule has 150 valence electrons. The number of sulfonamides is 1. The van der Waals surface area contributed by atoms with Gasteiger partial charge < -0.3 is 9.26 Å².